The zero-order valence-electron chi connectivity index (χ0n) is 17.0. The zero-order chi connectivity index (χ0) is 20.5. The first-order chi connectivity index (χ1) is 14.7. The number of aryl methyl sites for hydroxylation is 2. The number of nitrogens with zero attached hydrogens (tertiary/aromatic N) is 4. The van der Waals surface area contributed by atoms with E-state index in [4.69, 9.17) is 0 Å². The van der Waals surface area contributed by atoms with Crippen molar-refractivity contribution in [2.45, 2.75) is 38.8 Å². The number of rotatable bonds is 4. The molecular weight excluding hydrogens is 396 g/mol. The topological polar surface area (TPSA) is 58.4 Å². The molecule has 0 saturated carbocycles. The Morgan fingerprint density at radius 2 is 1.80 bits per heavy atom. The third-order valence-corrected chi connectivity index (χ3v) is 7.42. The van der Waals surface area contributed by atoms with Crippen molar-refractivity contribution in [3.63, 3.8) is 0 Å². The smallest absolute Gasteiger partial charge is 0.262 e. The summed E-state index contributed by atoms with van der Waals surface area (Å²) in [7, 11) is 0. The maximum Gasteiger partial charge on any atom is 0.262 e. The van der Waals surface area contributed by atoms with Crippen molar-refractivity contribution < 1.29 is 4.79 Å². The molecule has 7 heteroatoms. The molecule has 2 aliphatic rings. The Bertz CT molecular complexity index is 1110. The van der Waals surface area contributed by atoms with Crippen LogP contribution < -0.4 is 5.56 Å². The molecule has 1 aromatic carbocycles. The fourth-order valence-electron chi connectivity index (χ4n) is 4.54. The summed E-state index contributed by atoms with van der Waals surface area (Å²) in [6.45, 7) is 4.08. The lowest BCUT2D eigenvalue weighted by Crippen LogP contribution is -2.49. The summed E-state index contributed by atoms with van der Waals surface area (Å²) < 4.78 is 1.50. The van der Waals surface area contributed by atoms with Gasteiger partial charge in [-0.05, 0) is 36.8 Å². The van der Waals surface area contributed by atoms with Gasteiger partial charge in [-0.1, -0.05) is 30.3 Å². The van der Waals surface area contributed by atoms with Gasteiger partial charge in [-0.3, -0.25) is 19.1 Å². The van der Waals surface area contributed by atoms with Crippen LogP contribution in [-0.2, 0) is 30.7 Å². The van der Waals surface area contributed by atoms with Gasteiger partial charge in [-0.15, -0.1) is 11.3 Å². The van der Waals surface area contributed by atoms with Crippen molar-refractivity contribution in [2.24, 2.45) is 0 Å². The zero-order valence-corrected chi connectivity index (χ0v) is 17.9. The molecule has 1 saturated heterocycles. The van der Waals surface area contributed by atoms with E-state index in [9.17, 15) is 9.59 Å². The fraction of sp³-hybridized carbons (Fsp3) is 0.435. The van der Waals surface area contributed by atoms with Crippen LogP contribution in [0.4, 0.5) is 0 Å². The average molecular weight is 423 g/mol. The highest BCUT2D eigenvalue weighted by atomic mass is 32.1. The van der Waals surface area contributed by atoms with E-state index in [1.807, 2.05) is 11.0 Å². The first-order valence-corrected chi connectivity index (χ1v) is 11.5. The lowest BCUT2D eigenvalue weighted by Gasteiger charge is -2.34. The number of aromatic nitrogens is 2. The summed E-state index contributed by atoms with van der Waals surface area (Å²) >= 11 is 1.65. The second-order valence-corrected chi connectivity index (χ2v) is 9.29. The minimum Gasteiger partial charge on any atom is -0.339 e. The average Bonchev–Trinajstić information content (AvgIpc) is 3.16. The summed E-state index contributed by atoms with van der Waals surface area (Å²) in [6, 6.07) is 10.4. The Kier molecular flexibility index (Phi) is 5.39. The Morgan fingerprint density at radius 3 is 2.60 bits per heavy atom. The van der Waals surface area contributed by atoms with Gasteiger partial charge >= 0.3 is 0 Å². The maximum absolute atomic E-state index is 13.1. The predicted octanol–water partition coefficient (Wildman–Crippen LogP) is 2.68. The molecule has 5 rings (SSSR count). The molecule has 2 aromatic heterocycles. The summed E-state index contributed by atoms with van der Waals surface area (Å²) in [6.07, 6.45) is 5.86. The molecule has 0 unspecified atom stereocenters. The normalized spacial score (nSPS) is 17.3. The van der Waals surface area contributed by atoms with Gasteiger partial charge in [0.2, 0.25) is 5.91 Å². The van der Waals surface area contributed by atoms with Crippen LogP contribution in [-0.4, -0.2) is 51.4 Å². The van der Waals surface area contributed by atoms with Crippen molar-refractivity contribution in [2.75, 3.05) is 26.2 Å². The number of hydrogen-bond donors (Lipinski definition) is 0. The van der Waals surface area contributed by atoms with E-state index in [0.717, 1.165) is 49.1 Å². The number of benzene rings is 1. The molecule has 30 heavy (non-hydrogen) atoms. The van der Waals surface area contributed by atoms with Crippen LogP contribution in [0.15, 0.2) is 41.5 Å². The molecule has 0 atom stereocenters. The van der Waals surface area contributed by atoms with E-state index in [2.05, 4.69) is 34.1 Å². The molecule has 0 N–H and O–H groups in total. The largest absolute Gasteiger partial charge is 0.339 e. The van der Waals surface area contributed by atoms with E-state index in [-0.39, 0.29) is 18.0 Å². The second-order valence-electron chi connectivity index (χ2n) is 8.21. The molecular formula is C23H26N4O2S. The van der Waals surface area contributed by atoms with Crippen molar-refractivity contribution in [3.8, 4) is 0 Å². The maximum atomic E-state index is 13.1. The summed E-state index contributed by atoms with van der Waals surface area (Å²) in [5.41, 5.74) is 2.41. The van der Waals surface area contributed by atoms with Crippen LogP contribution >= 0.6 is 11.3 Å². The quantitative estimate of drug-likeness (QED) is 0.649. The van der Waals surface area contributed by atoms with Crippen LogP contribution in [0.5, 0.6) is 0 Å². The highest BCUT2D eigenvalue weighted by molar-refractivity contribution is 7.18. The van der Waals surface area contributed by atoms with Crippen molar-refractivity contribution in [1.82, 2.24) is 19.4 Å². The first kappa shape index (κ1) is 19.5. The van der Waals surface area contributed by atoms with Crippen LogP contribution in [0.1, 0.15) is 28.8 Å². The SMILES string of the molecule is O=C(Cn1cnc2sc3c(c2c1=O)CCCC3)N1CCN(Cc2ccccc2)CC1. The lowest BCUT2D eigenvalue weighted by atomic mass is 9.97. The molecule has 3 aromatic rings. The lowest BCUT2D eigenvalue weighted by molar-refractivity contribution is -0.133. The first-order valence-electron chi connectivity index (χ1n) is 10.7. The Labute approximate surface area is 179 Å². The van der Waals surface area contributed by atoms with Crippen molar-refractivity contribution >= 4 is 27.5 Å². The Morgan fingerprint density at radius 1 is 1.03 bits per heavy atom. The molecule has 6 nitrogen and oxygen atoms in total. The molecule has 1 amide bonds. The molecule has 1 aliphatic carbocycles. The third-order valence-electron chi connectivity index (χ3n) is 6.22. The monoisotopic (exact) mass is 422 g/mol. The van der Waals surface area contributed by atoms with Gasteiger partial charge < -0.3 is 4.90 Å². The van der Waals surface area contributed by atoms with E-state index in [0.29, 0.717) is 13.1 Å². The molecule has 1 fully saturated rings. The summed E-state index contributed by atoms with van der Waals surface area (Å²) in [5.74, 6) is 0.00158. The molecule has 0 spiro atoms. The standard InChI is InChI=1S/C23H26N4O2S/c28-20(26-12-10-25(11-13-26)14-17-6-2-1-3-7-17)15-27-16-24-22-21(23(27)29)18-8-4-5-9-19(18)30-22/h1-3,6-7,16H,4-5,8-15H2. The molecule has 0 bridgehead atoms. The number of carbonyl (C=O) groups is 1. The number of hydrogen-bond acceptors (Lipinski definition) is 5. The molecule has 0 radical (unpaired) electrons. The van der Waals surface area contributed by atoms with Crippen LogP contribution in [0, 0.1) is 0 Å². The highest BCUT2D eigenvalue weighted by Gasteiger charge is 2.24. The number of carbonyl (C=O) groups excluding carboxylic acids is 1. The summed E-state index contributed by atoms with van der Waals surface area (Å²) in [5, 5.41) is 0.748. The highest BCUT2D eigenvalue weighted by Crippen LogP contribution is 2.33. The van der Waals surface area contributed by atoms with Gasteiger partial charge in [0, 0.05) is 37.6 Å². The van der Waals surface area contributed by atoms with E-state index >= 15 is 0 Å². The predicted molar refractivity (Wildman–Crippen MR) is 119 cm³/mol. The van der Waals surface area contributed by atoms with Crippen LogP contribution in [0.2, 0.25) is 0 Å². The Balaban J connectivity index is 1.25. The second kappa shape index (κ2) is 8.32. The summed E-state index contributed by atoms with van der Waals surface area (Å²) in [4.78, 5) is 36.8. The number of piperazine rings is 1. The van der Waals surface area contributed by atoms with Gasteiger partial charge in [0.05, 0.1) is 11.7 Å². The van der Waals surface area contributed by atoms with Crippen LogP contribution in [0.3, 0.4) is 0 Å². The van der Waals surface area contributed by atoms with Gasteiger partial charge in [-0.2, -0.15) is 0 Å². The van der Waals surface area contributed by atoms with E-state index in [1.54, 1.807) is 17.7 Å². The van der Waals surface area contributed by atoms with Gasteiger partial charge in [0.25, 0.3) is 5.56 Å². The van der Waals surface area contributed by atoms with Gasteiger partial charge in [0.1, 0.15) is 11.4 Å². The minimum atomic E-state index is -0.0598. The van der Waals surface area contributed by atoms with Gasteiger partial charge in [0.15, 0.2) is 0 Å². The number of amides is 1. The molecule has 1 aliphatic heterocycles. The van der Waals surface area contributed by atoms with Gasteiger partial charge in [-0.25, -0.2) is 4.98 Å². The van der Waals surface area contributed by atoms with E-state index in [1.165, 1.54) is 27.0 Å². The molecule has 156 valence electrons. The minimum absolute atomic E-state index is 0.00158. The van der Waals surface area contributed by atoms with Crippen LogP contribution in [0.25, 0.3) is 10.2 Å². The fourth-order valence-corrected chi connectivity index (χ4v) is 5.76. The van der Waals surface area contributed by atoms with E-state index < -0.39 is 0 Å². The number of thiophene rings is 1. The van der Waals surface area contributed by atoms with Crippen molar-refractivity contribution in [3.05, 3.63) is 63.0 Å². The number of fused-ring (bicyclic) bond motifs is 3. The van der Waals surface area contributed by atoms with Crippen molar-refractivity contribution in [1.29, 1.82) is 0 Å². The molecule has 3 heterocycles. The Hall–Kier alpha value is -2.51. The third kappa shape index (κ3) is 3.79.